The Bertz CT molecular complexity index is 1270. The first-order valence-corrected chi connectivity index (χ1v) is 9.40. The third kappa shape index (κ3) is 3.76. The van der Waals surface area contributed by atoms with E-state index in [0.717, 1.165) is 4.90 Å². The van der Waals surface area contributed by atoms with Crippen LogP contribution >= 0.6 is 0 Å². The number of nitrogens with one attached hydrogen (secondary N) is 1. The Labute approximate surface area is 182 Å². The van der Waals surface area contributed by atoms with Crippen molar-refractivity contribution in [1.29, 1.82) is 0 Å². The maximum Gasteiger partial charge on any atom is 0.420 e. The van der Waals surface area contributed by atoms with Crippen molar-refractivity contribution in [3.63, 3.8) is 0 Å². The molecule has 2 N–H and O–H groups in total. The van der Waals surface area contributed by atoms with Crippen molar-refractivity contribution in [1.82, 2.24) is 15.3 Å². The van der Waals surface area contributed by atoms with Gasteiger partial charge in [0.05, 0.1) is 36.3 Å². The van der Waals surface area contributed by atoms with Gasteiger partial charge in [0.2, 0.25) is 0 Å². The number of aromatic nitrogens is 2. The number of hydrogen-bond donors (Lipinski definition) is 2. The number of methoxy groups -OCH3 is 1. The number of nitrogens with zero attached hydrogens (tertiary/aromatic N) is 3. The molecule has 0 aliphatic heterocycles. The molecular formula is C22H18N4O6. The van der Waals surface area contributed by atoms with Crippen LogP contribution in [0.25, 0.3) is 22.6 Å². The number of benzene rings is 2. The lowest BCUT2D eigenvalue weighted by Gasteiger charge is -2.17. The van der Waals surface area contributed by atoms with E-state index in [9.17, 15) is 14.7 Å². The third-order valence-electron chi connectivity index (χ3n) is 4.68. The molecule has 0 radical (unpaired) electrons. The van der Waals surface area contributed by atoms with E-state index in [1.165, 1.54) is 39.0 Å². The van der Waals surface area contributed by atoms with Gasteiger partial charge in [-0.2, -0.15) is 4.90 Å². The largest absolute Gasteiger partial charge is 0.496 e. The number of rotatable bonds is 6. The van der Waals surface area contributed by atoms with Gasteiger partial charge in [-0.15, -0.1) is 0 Å². The average molecular weight is 434 g/mol. The highest BCUT2D eigenvalue weighted by molar-refractivity contribution is 6.00. The zero-order valence-electron chi connectivity index (χ0n) is 17.1. The summed E-state index contributed by atoms with van der Waals surface area (Å²) in [6.07, 6.45) is 2.87. The molecule has 0 saturated carbocycles. The fourth-order valence-corrected chi connectivity index (χ4v) is 3.20. The van der Waals surface area contributed by atoms with E-state index in [2.05, 4.69) is 15.3 Å². The minimum absolute atomic E-state index is 0.186. The second-order valence-electron chi connectivity index (χ2n) is 6.50. The van der Waals surface area contributed by atoms with Gasteiger partial charge in [-0.05, 0) is 18.2 Å². The minimum atomic E-state index is -1.31. The van der Waals surface area contributed by atoms with E-state index in [1.807, 2.05) is 0 Å². The lowest BCUT2D eigenvalue weighted by atomic mass is 10.1. The van der Waals surface area contributed by atoms with Crippen molar-refractivity contribution >= 4 is 23.7 Å². The second kappa shape index (κ2) is 8.64. The molecule has 0 unspecified atom stereocenters. The summed E-state index contributed by atoms with van der Waals surface area (Å²) < 4.78 is 16.4. The summed E-state index contributed by atoms with van der Waals surface area (Å²) >= 11 is 0. The van der Waals surface area contributed by atoms with Gasteiger partial charge in [-0.25, -0.2) is 14.8 Å². The molecule has 2 aromatic carbocycles. The number of carbonyl (C=O) groups is 2. The van der Waals surface area contributed by atoms with E-state index < -0.39 is 6.09 Å². The average Bonchev–Trinajstić information content (AvgIpc) is 3.51. The quantitative estimate of drug-likeness (QED) is 0.462. The molecule has 2 heterocycles. The van der Waals surface area contributed by atoms with Gasteiger partial charge in [-0.1, -0.05) is 18.2 Å². The van der Waals surface area contributed by atoms with Crippen LogP contribution in [-0.2, 0) is 0 Å². The number of carbonyl (C=O) groups excluding carboxylic acids is 1. The van der Waals surface area contributed by atoms with Crippen LogP contribution in [0.3, 0.4) is 0 Å². The summed E-state index contributed by atoms with van der Waals surface area (Å²) in [4.78, 5) is 33.1. The molecule has 0 spiro atoms. The van der Waals surface area contributed by atoms with Gasteiger partial charge < -0.3 is 24.0 Å². The number of hydrogen-bond acceptors (Lipinski definition) is 7. The van der Waals surface area contributed by atoms with E-state index >= 15 is 0 Å². The monoisotopic (exact) mass is 434 g/mol. The number of carboxylic acid groups (broad SMARTS) is 1. The molecule has 4 rings (SSSR count). The number of ether oxygens (including phenoxy) is 1. The maximum atomic E-state index is 12.2. The van der Waals surface area contributed by atoms with Crippen LogP contribution in [0, 0.1) is 0 Å². The van der Waals surface area contributed by atoms with E-state index in [1.54, 1.807) is 36.4 Å². The van der Waals surface area contributed by atoms with Gasteiger partial charge in [0, 0.05) is 18.7 Å². The summed E-state index contributed by atoms with van der Waals surface area (Å²) in [6.45, 7) is 0. The molecule has 162 valence electrons. The Morgan fingerprint density at radius 3 is 2.59 bits per heavy atom. The zero-order chi connectivity index (χ0) is 22.7. The van der Waals surface area contributed by atoms with Crippen LogP contribution < -0.4 is 15.0 Å². The molecule has 2 aromatic heterocycles. The van der Waals surface area contributed by atoms with Crippen LogP contribution in [0.2, 0.25) is 0 Å². The molecule has 0 atom stereocenters. The fourth-order valence-electron chi connectivity index (χ4n) is 3.20. The molecule has 0 fully saturated rings. The van der Waals surface area contributed by atoms with Crippen molar-refractivity contribution in [2.75, 3.05) is 19.1 Å². The molecule has 0 aliphatic rings. The molecule has 10 heteroatoms. The van der Waals surface area contributed by atoms with Crippen molar-refractivity contribution in [2.45, 2.75) is 0 Å². The van der Waals surface area contributed by atoms with Crippen LogP contribution in [0.1, 0.15) is 10.4 Å². The van der Waals surface area contributed by atoms with Crippen LogP contribution in [0.5, 0.6) is 5.75 Å². The van der Waals surface area contributed by atoms with E-state index in [0.29, 0.717) is 28.2 Å². The first-order valence-electron chi connectivity index (χ1n) is 9.40. The number of oxazole rings is 2. The van der Waals surface area contributed by atoms with E-state index in [4.69, 9.17) is 13.6 Å². The number of amides is 2. The number of anilines is 2. The predicted octanol–water partition coefficient (Wildman–Crippen LogP) is 4.18. The Hall–Kier alpha value is -4.60. The smallest absolute Gasteiger partial charge is 0.420 e. The van der Waals surface area contributed by atoms with Crippen LogP contribution in [0.15, 0.2) is 70.1 Å². The van der Waals surface area contributed by atoms with Crippen molar-refractivity contribution < 1.29 is 28.3 Å². The summed E-state index contributed by atoms with van der Waals surface area (Å²) in [5.41, 5.74) is 1.70. The standard InChI is InChI=1S/C22H18N4O6/c1-23-20(27)15-6-4-3-5-14(15)19-11-25-21(32-19)26(22(28)29)13-7-8-16(17(9-13)30-2)18-10-24-12-31-18/h3-12H,1-2H3,(H,23,27)(H,28,29). The molecule has 32 heavy (non-hydrogen) atoms. The minimum Gasteiger partial charge on any atom is -0.496 e. The molecule has 10 nitrogen and oxygen atoms in total. The fraction of sp³-hybridized carbons (Fsp3) is 0.0909. The highest BCUT2D eigenvalue weighted by Crippen LogP contribution is 2.37. The van der Waals surface area contributed by atoms with Crippen molar-refractivity contribution in [2.24, 2.45) is 0 Å². The lowest BCUT2D eigenvalue weighted by Crippen LogP contribution is -2.24. The first-order chi connectivity index (χ1) is 15.5. The Morgan fingerprint density at radius 2 is 1.91 bits per heavy atom. The van der Waals surface area contributed by atoms with Crippen molar-refractivity contribution in [3.05, 3.63) is 66.8 Å². The normalized spacial score (nSPS) is 10.6. The van der Waals surface area contributed by atoms with Gasteiger partial charge >= 0.3 is 12.1 Å². The zero-order valence-corrected chi connectivity index (χ0v) is 17.1. The molecule has 0 saturated heterocycles. The SMILES string of the molecule is CNC(=O)c1ccccc1-c1cnc(N(C(=O)O)c2ccc(-c3cnco3)c(OC)c2)o1. The highest BCUT2D eigenvalue weighted by Gasteiger charge is 2.25. The summed E-state index contributed by atoms with van der Waals surface area (Å²) in [5.74, 6) is 0.791. The summed E-state index contributed by atoms with van der Waals surface area (Å²) in [5, 5.41) is 12.4. The third-order valence-corrected chi connectivity index (χ3v) is 4.68. The van der Waals surface area contributed by atoms with Crippen LogP contribution in [-0.4, -0.2) is 41.2 Å². The summed E-state index contributed by atoms with van der Waals surface area (Å²) in [7, 11) is 2.98. The van der Waals surface area contributed by atoms with Gasteiger partial charge in [0.1, 0.15) is 5.75 Å². The maximum absolute atomic E-state index is 12.2. The van der Waals surface area contributed by atoms with Gasteiger partial charge in [-0.3, -0.25) is 4.79 Å². The van der Waals surface area contributed by atoms with Gasteiger partial charge in [0.25, 0.3) is 5.91 Å². The molecular weight excluding hydrogens is 416 g/mol. The molecule has 0 bridgehead atoms. The highest BCUT2D eigenvalue weighted by atomic mass is 16.5. The Morgan fingerprint density at radius 1 is 1.09 bits per heavy atom. The molecule has 0 aliphatic carbocycles. The van der Waals surface area contributed by atoms with Gasteiger partial charge in [0.15, 0.2) is 17.9 Å². The Kier molecular flexibility index (Phi) is 5.58. The Balaban J connectivity index is 1.74. The van der Waals surface area contributed by atoms with E-state index in [-0.39, 0.29) is 23.4 Å². The van der Waals surface area contributed by atoms with Crippen molar-refractivity contribution in [3.8, 4) is 28.4 Å². The molecule has 2 amide bonds. The summed E-state index contributed by atoms with van der Waals surface area (Å²) in [6, 6.07) is 11.3. The first kappa shape index (κ1) is 20.7. The topological polar surface area (TPSA) is 131 Å². The lowest BCUT2D eigenvalue weighted by molar-refractivity contribution is 0.0963. The molecule has 4 aromatic rings. The second-order valence-corrected chi connectivity index (χ2v) is 6.50. The predicted molar refractivity (Wildman–Crippen MR) is 114 cm³/mol. The van der Waals surface area contributed by atoms with Crippen LogP contribution in [0.4, 0.5) is 16.5 Å².